The quantitative estimate of drug-likeness (QED) is 0.426. The van der Waals surface area contributed by atoms with Crippen molar-refractivity contribution in [3.63, 3.8) is 0 Å². The van der Waals surface area contributed by atoms with Crippen LogP contribution in [0, 0.1) is 0 Å². The first kappa shape index (κ1) is 29.4. The van der Waals surface area contributed by atoms with Gasteiger partial charge in [-0.25, -0.2) is 18.4 Å². The highest BCUT2D eigenvalue weighted by Gasteiger charge is 2.38. The third-order valence-electron chi connectivity index (χ3n) is 7.70. The van der Waals surface area contributed by atoms with E-state index in [2.05, 4.69) is 20.3 Å². The molecule has 14 heteroatoms. The third-order valence-corrected chi connectivity index (χ3v) is 8.56. The molecular formula is C28H29F3N6O4S. The number of pyridine rings is 1. The minimum Gasteiger partial charge on any atom is -0.356 e. The fourth-order valence-electron chi connectivity index (χ4n) is 5.47. The molecule has 0 saturated carbocycles. The van der Waals surface area contributed by atoms with Crippen molar-refractivity contribution >= 4 is 27.5 Å². The number of aryl methyl sites for hydroxylation is 1. The van der Waals surface area contributed by atoms with Gasteiger partial charge in [0.15, 0.2) is 5.69 Å². The molecule has 1 N–H and O–H groups in total. The van der Waals surface area contributed by atoms with E-state index in [0.29, 0.717) is 55.7 Å². The van der Waals surface area contributed by atoms with Crippen LogP contribution in [0.25, 0.3) is 0 Å². The van der Waals surface area contributed by atoms with Gasteiger partial charge in [0.25, 0.3) is 11.8 Å². The van der Waals surface area contributed by atoms with Crippen LogP contribution in [0.15, 0.2) is 53.9 Å². The Bertz CT molecular complexity index is 1620. The van der Waals surface area contributed by atoms with Gasteiger partial charge in [0.1, 0.15) is 5.82 Å². The number of aromatic nitrogens is 3. The molecule has 3 aromatic rings. The summed E-state index contributed by atoms with van der Waals surface area (Å²) in [6, 6.07) is 8.68. The number of fused-ring (bicyclic) bond motifs is 1. The van der Waals surface area contributed by atoms with E-state index >= 15 is 0 Å². The zero-order chi connectivity index (χ0) is 30.2. The Morgan fingerprint density at radius 3 is 2.48 bits per heavy atom. The van der Waals surface area contributed by atoms with Gasteiger partial charge in [-0.1, -0.05) is 6.07 Å². The Labute approximate surface area is 240 Å². The van der Waals surface area contributed by atoms with Gasteiger partial charge in [0.05, 0.1) is 11.6 Å². The predicted molar refractivity (Wildman–Crippen MR) is 147 cm³/mol. The second-order valence-electron chi connectivity index (χ2n) is 10.5. The van der Waals surface area contributed by atoms with E-state index in [1.54, 1.807) is 30.1 Å². The lowest BCUT2D eigenvalue weighted by Crippen LogP contribution is -2.46. The van der Waals surface area contributed by atoms with Crippen LogP contribution >= 0.6 is 0 Å². The smallest absolute Gasteiger partial charge is 0.356 e. The maximum Gasteiger partial charge on any atom is 0.434 e. The van der Waals surface area contributed by atoms with Gasteiger partial charge < -0.3 is 15.1 Å². The number of hydrogen-bond donors (Lipinski definition) is 1. The summed E-state index contributed by atoms with van der Waals surface area (Å²) in [5.74, 6) is -0.569. The third kappa shape index (κ3) is 6.08. The largest absolute Gasteiger partial charge is 0.434 e. The number of carbonyl (C=O) groups is 2. The van der Waals surface area contributed by atoms with Crippen molar-refractivity contribution in [1.82, 2.24) is 25.2 Å². The Morgan fingerprint density at radius 2 is 1.79 bits per heavy atom. The molecular weight excluding hydrogens is 573 g/mol. The van der Waals surface area contributed by atoms with E-state index in [0.717, 1.165) is 24.1 Å². The van der Waals surface area contributed by atoms with Crippen LogP contribution in [0.3, 0.4) is 0 Å². The Balaban J connectivity index is 1.25. The van der Waals surface area contributed by atoms with Crippen LogP contribution in [-0.4, -0.2) is 72.5 Å². The fourth-order valence-corrected chi connectivity index (χ4v) is 5.99. The van der Waals surface area contributed by atoms with Crippen LogP contribution in [0.1, 0.15) is 62.8 Å². The van der Waals surface area contributed by atoms with Gasteiger partial charge in [0.2, 0.25) is 15.0 Å². The van der Waals surface area contributed by atoms with Gasteiger partial charge in [-0.2, -0.15) is 13.2 Å². The molecule has 1 saturated heterocycles. The topological polar surface area (TPSA) is 125 Å². The summed E-state index contributed by atoms with van der Waals surface area (Å²) in [5.41, 5.74) is 0.263. The van der Waals surface area contributed by atoms with Gasteiger partial charge in [-0.15, -0.1) is 0 Å². The lowest BCUT2D eigenvalue weighted by Gasteiger charge is -2.37. The first-order valence-corrected chi connectivity index (χ1v) is 15.2. The van der Waals surface area contributed by atoms with E-state index in [9.17, 15) is 31.2 Å². The number of sulfone groups is 1. The molecule has 1 aliphatic heterocycles. The number of carbonyl (C=O) groups excluding carboxylic acids is 2. The second kappa shape index (κ2) is 11.3. The molecule has 2 aromatic heterocycles. The highest BCUT2D eigenvalue weighted by Crippen LogP contribution is 2.34. The zero-order valence-electron chi connectivity index (χ0n) is 22.9. The summed E-state index contributed by atoms with van der Waals surface area (Å²) in [4.78, 5) is 41.3. The number of anilines is 1. The van der Waals surface area contributed by atoms with E-state index in [4.69, 9.17) is 0 Å². The second-order valence-corrected chi connectivity index (χ2v) is 12.4. The molecule has 10 nitrogen and oxygen atoms in total. The summed E-state index contributed by atoms with van der Waals surface area (Å²) >= 11 is 0. The molecule has 2 amide bonds. The Hall–Kier alpha value is -4.07. The average Bonchev–Trinajstić information content (AvgIpc) is 3.37. The van der Waals surface area contributed by atoms with Crippen molar-refractivity contribution in [3.8, 4) is 0 Å². The van der Waals surface area contributed by atoms with Crippen LogP contribution < -0.4 is 10.2 Å². The number of rotatable bonds is 6. The maximum absolute atomic E-state index is 13.5. The Kier molecular flexibility index (Phi) is 7.92. The van der Waals surface area contributed by atoms with Crippen LogP contribution in [-0.2, 0) is 22.4 Å². The monoisotopic (exact) mass is 602 g/mol. The maximum atomic E-state index is 13.5. The molecule has 1 fully saturated rings. The van der Waals surface area contributed by atoms with Crippen molar-refractivity contribution in [1.29, 1.82) is 0 Å². The number of benzene rings is 1. The lowest BCUT2D eigenvalue weighted by molar-refractivity contribution is -0.141. The zero-order valence-corrected chi connectivity index (χ0v) is 23.7. The highest BCUT2D eigenvalue weighted by atomic mass is 32.2. The van der Waals surface area contributed by atoms with Gasteiger partial charge in [-0.05, 0) is 67.1 Å². The molecule has 1 aliphatic carbocycles. The molecule has 1 unspecified atom stereocenters. The first-order valence-electron chi connectivity index (χ1n) is 13.3. The molecule has 1 atom stereocenters. The fraction of sp³-hybridized carbons (Fsp3) is 0.393. The molecule has 0 bridgehead atoms. The first-order chi connectivity index (χ1) is 19.8. The molecule has 2 aliphatic rings. The standard InChI is InChI=1S/C28H29F3N6O4S/c1-36(19-10-14-37(15-11-19)23-9-13-33-27(35-23)42(2,40)41)26(39)18-6-5-17-7-8-22(21(17)16-18)34-25(38)20-4-3-12-32-24(20)28(29,30)31/h3-6,9,12-13,16,19,22H,7-8,10-11,14-15H2,1-2H3,(H,34,38). The Morgan fingerprint density at radius 1 is 1.05 bits per heavy atom. The molecule has 3 heterocycles. The van der Waals surface area contributed by atoms with Crippen LogP contribution in [0.4, 0.5) is 19.0 Å². The van der Waals surface area contributed by atoms with Gasteiger partial charge in [0, 0.05) is 50.4 Å². The number of halogens is 3. The number of amides is 2. The molecule has 5 rings (SSSR count). The van der Waals surface area contributed by atoms with E-state index in [1.807, 2.05) is 11.0 Å². The molecule has 0 radical (unpaired) electrons. The van der Waals surface area contributed by atoms with Crippen LogP contribution in [0.2, 0.25) is 0 Å². The van der Waals surface area contributed by atoms with Crippen molar-refractivity contribution in [2.24, 2.45) is 0 Å². The van der Waals surface area contributed by atoms with E-state index in [-0.39, 0.29) is 17.1 Å². The normalized spacial score (nSPS) is 17.5. The molecule has 222 valence electrons. The average molecular weight is 603 g/mol. The number of hydrogen-bond acceptors (Lipinski definition) is 8. The lowest BCUT2D eigenvalue weighted by atomic mass is 10.00. The number of alkyl halides is 3. The van der Waals surface area contributed by atoms with Crippen molar-refractivity contribution in [2.75, 3.05) is 31.3 Å². The summed E-state index contributed by atoms with van der Waals surface area (Å²) in [6.45, 7) is 1.13. The van der Waals surface area contributed by atoms with Crippen molar-refractivity contribution in [2.45, 2.75) is 49.1 Å². The molecule has 0 spiro atoms. The van der Waals surface area contributed by atoms with Crippen molar-refractivity contribution in [3.05, 3.63) is 76.7 Å². The molecule has 42 heavy (non-hydrogen) atoms. The number of nitrogens with one attached hydrogen (secondary N) is 1. The van der Waals surface area contributed by atoms with Crippen LogP contribution in [0.5, 0.6) is 0 Å². The highest BCUT2D eigenvalue weighted by molar-refractivity contribution is 7.90. The minimum absolute atomic E-state index is 0.0694. The summed E-state index contributed by atoms with van der Waals surface area (Å²) < 4.78 is 63.8. The predicted octanol–water partition coefficient (Wildman–Crippen LogP) is 3.45. The van der Waals surface area contributed by atoms with Gasteiger partial charge >= 0.3 is 6.18 Å². The summed E-state index contributed by atoms with van der Waals surface area (Å²) in [6.07, 6.45) is 1.08. The van der Waals surface area contributed by atoms with Gasteiger partial charge in [-0.3, -0.25) is 14.6 Å². The summed E-state index contributed by atoms with van der Waals surface area (Å²) in [5, 5.41) is 2.46. The minimum atomic E-state index is -4.77. The molecule has 1 aromatic carbocycles. The van der Waals surface area contributed by atoms with E-state index < -0.39 is 39.2 Å². The van der Waals surface area contributed by atoms with E-state index in [1.165, 1.54) is 12.3 Å². The number of nitrogens with zero attached hydrogens (tertiary/aromatic N) is 5. The number of piperidine rings is 1. The SMILES string of the molecule is CN(C(=O)c1ccc2c(c1)C(NC(=O)c1cccnc1C(F)(F)F)CC2)C1CCN(c2ccnc(S(C)(=O)=O)n2)CC1. The van der Waals surface area contributed by atoms with Crippen molar-refractivity contribution < 1.29 is 31.2 Å². The summed E-state index contributed by atoms with van der Waals surface area (Å²) in [7, 11) is -1.82.